The number of thiol groups is 1. The number of hydrogen-bond acceptors (Lipinski definition) is 2. The summed E-state index contributed by atoms with van der Waals surface area (Å²) in [6.45, 7) is 0. The van der Waals surface area contributed by atoms with Crippen LogP contribution in [-0.2, 0) is 4.74 Å². The summed E-state index contributed by atoms with van der Waals surface area (Å²) in [5, 5.41) is 0. The van der Waals surface area contributed by atoms with Gasteiger partial charge in [0.05, 0.1) is 6.10 Å². The number of benzene rings is 1. The van der Waals surface area contributed by atoms with Gasteiger partial charge in [-0.2, -0.15) is 0 Å². The van der Waals surface area contributed by atoms with Crippen molar-refractivity contribution in [3.05, 3.63) is 29.6 Å². The number of halogens is 1. The lowest BCUT2D eigenvalue weighted by Crippen LogP contribution is -2.29. The molecule has 0 amide bonds. The van der Waals surface area contributed by atoms with Crippen molar-refractivity contribution in [2.24, 2.45) is 0 Å². The Labute approximate surface area is 88.7 Å². The van der Waals surface area contributed by atoms with Crippen molar-refractivity contribution in [3.8, 4) is 0 Å². The van der Waals surface area contributed by atoms with Crippen LogP contribution < -0.4 is 0 Å². The minimum atomic E-state index is -0.171. The predicted octanol–water partition coefficient (Wildman–Crippen LogP) is 3.01. The first kappa shape index (κ1) is 9.99. The van der Waals surface area contributed by atoms with Crippen LogP contribution in [0.25, 0.3) is 0 Å². The van der Waals surface area contributed by atoms with Crippen LogP contribution in [0.2, 0.25) is 0 Å². The average molecular weight is 212 g/mol. The molecule has 0 spiro atoms. The van der Waals surface area contributed by atoms with Gasteiger partial charge in [0, 0.05) is 12.0 Å². The highest BCUT2D eigenvalue weighted by atomic mass is 32.1. The van der Waals surface area contributed by atoms with Crippen LogP contribution in [0.5, 0.6) is 0 Å². The van der Waals surface area contributed by atoms with Gasteiger partial charge in [-0.3, -0.25) is 0 Å². The van der Waals surface area contributed by atoms with Gasteiger partial charge in [0.25, 0.3) is 0 Å². The fourth-order valence-electron chi connectivity index (χ4n) is 1.86. The molecule has 0 aromatic heterocycles. The zero-order valence-electron chi connectivity index (χ0n) is 8.03. The van der Waals surface area contributed by atoms with E-state index in [2.05, 4.69) is 12.6 Å². The minimum absolute atomic E-state index is 0.171. The van der Waals surface area contributed by atoms with E-state index in [9.17, 15) is 4.39 Å². The summed E-state index contributed by atoms with van der Waals surface area (Å²) in [6, 6.07) is 5.36. The van der Waals surface area contributed by atoms with Gasteiger partial charge in [0.15, 0.2) is 0 Å². The molecule has 0 saturated heterocycles. The molecule has 3 heteroatoms. The molecule has 1 aliphatic rings. The Balaban J connectivity index is 2.14. The first-order chi connectivity index (χ1) is 6.72. The third-order valence-electron chi connectivity index (χ3n) is 2.88. The fourth-order valence-corrected chi connectivity index (χ4v) is 2.08. The summed E-state index contributed by atoms with van der Waals surface area (Å²) in [6.07, 6.45) is 2.15. The predicted molar refractivity (Wildman–Crippen MR) is 56.4 cm³/mol. The SMILES string of the molecule is CO[C@H]1C[C@H](c2cccc(S)c2F)C1. The molecule has 0 unspecified atom stereocenters. The molecule has 76 valence electrons. The van der Waals surface area contributed by atoms with E-state index < -0.39 is 0 Å². The Bertz CT molecular complexity index is 334. The molecule has 14 heavy (non-hydrogen) atoms. The quantitative estimate of drug-likeness (QED) is 0.741. The lowest BCUT2D eigenvalue weighted by molar-refractivity contribution is 0.0248. The molecule has 1 aromatic rings. The maximum Gasteiger partial charge on any atom is 0.139 e. The lowest BCUT2D eigenvalue weighted by Gasteiger charge is -2.34. The van der Waals surface area contributed by atoms with E-state index in [0.29, 0.717) is 16.9 Å². The Morgan fingerprint density at radius 1 is 1.43 bits per heavy atom. The molecule has 1 aliphatic carbocycles. The second kappa shape index (κ2) is 3.91. The number of methoxy groups -OCH3 is 1. The molecule has 1 aromatic carbocycles. The number of hydrogen-bond donors (Lipinski definition) is 1. The van der Waals surface area contributed by atoms with Gasteiger partial charge in [-0.25, -0.2) is 4.39 Å². The summed E-state index contributed by atoms with van der Waals surface area (Å²) >= 11 is 4.06. The standard InChI is InChI=1S/C11H13FOS/c1-13-8-5-7(6-8)9-3-2-4-10(14)11(9)12/h2-4,7-8,14H,5-6H2,1H3/t7-,8-. The maximum absolute atomic E-state index is 13.6. The van der Waals surface area contributed by atoms with E-state index in [0.717, 1.165) is 18.4 Å². The van der Waals surface area contributed by atoms with Gasteiger partial charge in [0.2, 0.25) is 0 Å². The topological polar surface area (TPSA) is 9.23 Å². The molecule has 0 atom stereocenters. The van der Waals surface area contributed by atoms with Gasteiger partial charge in [-0.05, 0) is 30.4 Å². The third kappa shape index (κ3) is 1.66. The van der Waals surface area contributed by atoms with E-state index in [4.69, 9.17) is 4.74 Å². The van der Waals surface area contributed by atoms with E-state index in [1.807, 2.05) is 12.1 Å². The van der Waals surface area contributed by atoms with Crippen molar-refractivity contribution in [1.29, 1.82) is 0 Å². The molecule has 0 heterocycles. The first-order valence-corrected chi connectivity index (χ1v) is 5.17. The van der Waals surface area contributed by atoms with Gasteiger partial charge >= 0.3 is 0 Å². The molecule has 0 aliphatic heterocycles. The second-order valence-electron chi connectivity index (χ2n) is 3.71. The minimum Gasteiger partial charge on any atom is -0.381 e. The lowest BCUT2D eigenvalue weighted by atomic mass is 9.77. The van der Waals surface area contributed by atoms with Crippen molar-refractivity contribution in [1.82, 2.24) is 0 Å². The van der Waals surface area contributed by atoms with Gasteiger partial charge in [-0.15, -0.1) is 12.6 Å². The van der Waals surface area contributed by atoms with Crippen LogP contribution in [-0.4, -0.2) is 13.2 Å². The summed E-state index contributed by atoms with van der Waals surface area (Å²) in [4.78, 5) is 0.434. The van der Waals surface area contributed by atoms with E-state index in [1.54, 1.807) is 13.2 Å². The van der Waals surface area contributed by atoms with Crippen LogP contribution >= 0.6 is 12.6 Å². The Hall–Kier alpha value is -0.540. The van der Waals surface area contributed by atoms with Crippen molar-refractivity contribution in [2.75, 3.05) is 7.11 Å². The second-order valence-corrected chi connectivity index (χ2v) is 4.19. The Morgan fingerprint density at radius 2 is 2.14 bits per heavy atom. The smallest absolute Gasteiger partial charge is 0.139 e. The van der Waals surface area contributed by atoms with Crippen molar-refractivity contribution in [2.45, 2.75) is 29.8 Å². The largest absolute Gasteiger partial charge is 0.381 e. The average Bonchev–Trinajstić information content (AvgIpc) is 2.10. The van der Waals surface area contributed by atoms with Crippen LogP contribution in [0, 0.1) is 5.82 Å². The highest BCUT2D eigenvalue weighted by Gasteiger charge is 2.32. The summed E-state index contributed by atoms with van der Waals surface area (Å²) in [5.74, 6) is 0.141. The number of ether oxygens (including phenoxy) is 1. The fraction of sp³-hybridized carbons (Fsp3) is 0.455. The summed E-state index contributed by atoms with van der Waals surface area (Å²) in [7, 11) is 1.70. The Kier molecular flexibility index (Phi) is 2.79. The zero-order chi connectivity index (χ0) is 10.1. The van der Waals surface area contributed by atoms with Crippen LogP contribution in [0.3, 0.4) is 0 Å². The van der Waals surface area contributed by atoms with Gasteiger partial charge < -0.3 is 4.74 Å². The first-order valence-electron chi connectivity index (χ1n) is 4.72. The highest BCUT2D eigenvalue weighted by molar-refractivity contribution is 7.80. The normalized spacial score (nSPS) is 25.9. The van der Waals surface area contributed by atoms with Crippen LogP contribution in [0.4, 0.5) is 4.39 Å². The van der Waals surface area contributed by atoms with Crippen molar-refractivity contribution in [3.63, 3.8) is 0 Å². The van der Waals surface area contributed by atoms with Crippen LogP contribution in [0.15, 0.2) is 23.1 Å². The van der Waals surface area contributed by atoms with Crippen molar-refractivity contribution < 1.29 is 9.13 Å². The molecule has 0 radical (unpaired) electrons. The maximum atomic E-state index is 13.6. The molecular formula is C11H13FOS. The van der Waals surface area contributed by atoms with Crippen LogP contribution in [0.1, 0.15) is 24.3 Å². The van der Waals surface area contributed by atoms with E-state index >= 15 is 0 Å². The Morgan fingerprint density at radius 3 is 2.79 bits per heavy atom. The summed E-state index contributed by atoms with van der Waals surface area (Å²) < 4.78 is 18.8. The third-order valence-corrected chi connectivity index (χ3v) is 3.22. The highest BCUT2D eigenvalue weighted by Crippen LogP contribution is 2.40. The summed E-state index contributed by atoms with van der Waals surface area (Å²) in [5.41, 5.74) is 0.783. The molecule has 0 N–H and O–H groups in total. The van der Waals surface area contributed by atoms with Crippen molar-refractivity contribution >= 4 is 12.6 Å². The zero-order valence-corrected chi connectivity index (χ0v) is 8.93. The number of rotatable bonds is 2. The molecule has 1 fully saturated rings. The monoisotopic (exact) mass is 212 g/mol. The van der Waals surface area contributed by atoms with Gasteiger partial charge in [-0.1, -0.05) is 12.1 Å². The molecule has 0 bridgehead atoms. The van der Waals surface area contributed by atoms with E-state index in [-0.39, 0.29) is 5.82 Å². The molecule has 2 rings (SSSR count). The molecule has 1 nitrogen and oxygen atoms in total. The molecule has 1 saturated carbocycles. The van der Waals surface area contributed by atoms with Gasteiger partial charge in [0.1, 0.15) is 5.82 Å². The van der Waals surface area contributed by atoms with E-state index in [1.165, 1.54) is 0 Å². The molecular weight excluding hydrogens is 199 g/mol.